The van der Waals surface area contributed by atoms with Crippen LogP contribution in [0.4, 0.5) is 0 Å². The second kappa shape index (κ2) is 9.50. The molecule has 1 fully saturated rings. The molecule has 1 amide bonds. The number of benzene rings is 2. The number of sulfonamides is 1. The highest BCUT2D eigenvalue weighted by atomic mass is 32.2. The number of hydrogen-bond donors (Lipinski definition) is 0. The number of nitrogens with zero attached hydrogens (tertiary/aromatic N) is 4. The van der Waals surface area contributed by atoms with Gasteiger partial charge in [-0.15, -0.1) is 0 Å². The molecule has 0 N–H and O–H groups in total. The fourth-order valence-electron chi connectivity index (χ4n) is 4.68. The molecule has 0 bridgehead atoms. The summed E-state index contributed by atoms with van der Waals surface area (Å²) >= 11 is 0. The molecule has 2 aromatic carbocycles. The average Bonchev–Trinajstić information content (AvgIpc) is 3.46. The van der Waals surface area contributed by atoms with E-state index in [0.717, 1.165) is 41.9 Å². The third-order valence-electron chi connectivity index (χ3n) is 6.74. The summed E-state index contributed by atoms with van der Waals surface area (Å²) in [6, 6.07) is 10.8. The number of piperidine rings is 1. The standard InChI is InChI=1S/C25H30N4O5S/c1-27(16-18-6-9-22-23(14-18)34-17-33-22)25(30)11-10-24-26-20-15-19(7-8-21(20)28(24)2)35(31,32)29-12-4-3-5-13-29/h6-9,14-15H,3-5,10-13,16-17H2,1-2H3. The summed E-state index contributed by atoms with van der Waals surface area (Å²) in [6.07, 6.45) is 3.62. The minimum absolute atomic E-state index is 0.00286. The van der Waals surface area contributed by atoms with Gasteiger partial charge in [0.25, 0.3) is 0 Å². The predicted molar refractivity (Wildman–Crippen MR) is 131 cm³/mol. The highest BCUT2D eigenvalue weighted by molar-refractivity contribution is 7.89. The number of hydrogen-bond acceptors (Lipinski definition) is 6. The van der Waals surface area contributed by atoms with E-state index >= 15 is 0 Å². The first-order valence-electron chi connectivity index (χ1n) is 11.9. The Labute approximate surface area is 205 Å². The van der Waals surface area contributed by atoms with Crippen molar-refractivity contribution in [1.29, 1.82) is 0 Å². The first kappa shape index (κ1) is 23.6. The van der Waals surface area contributed by atoms with E-state index in [1.807, 2.05) is 29.8 Å². The maximum absolute atomic E-state index is 13.1. The van der Waals surface area contributed by atoms with Crippen LogP contribution in [0.25, 0.3) is 11.0 Å². The maximum Gasteiger partial charge on any atom is 0.243 e. The van der Waals surface area contributed by atoms with E-state index in [1.54, 1.807) is 34.5 Å². The second-order valence-corrected chi connectivity index (χ2v) is 11.1. The topological polar surface area (TPSA) is 94.0 Å². The molecule has 10 heteroatoms. The van der Waals surface area contributed by atoms with Gasteiger partial charge < -0.3 is 18.9 Å². The van der Waals surface area contributed by atoms with Gasteiger partial charge in [-0.2, -0.15) is 4.31 Å². The second-order valence-electron chi connectivity index (χ2n) is 9.14. The summed E-state index contributed by atoms with van der Waals surface area (Å²) in [4.78, 5) is 19.4. The fraction of sp³-hybridized carbons (Fsp3) is 0.440. The van der Waals surface area contributed by atoms with E-state index in [1.165, 1.54) is 0 Å². The number of ether oxygens (including phenoxy) is 2. The van der Waals surface area contributed by atoms with Gasteiger partial charge >= 0.3 is 0 Å². The molecular formula is C25H30N4O5S. The molecule has 0 spiro atoms. The lowest BCUT2D eigenvalue weighted by molar-refractivity contribution is -0.130. The number of aromatic nitrogens is 2. The van der Waals surface area contributed by atoms with Crippen LogP contribution < -0.4 is 9.47 Å². The van der Waals surface area contributed by atoms with Gasteiger partial charge in [-0.3, -0.25) is 4.79 Å². The van der Waals surface area contributed by atoms with E-state index in [0.29, 0.717) is 43.7 Å². The Morgan fingerprint density at radius 2 is 1.83 bits per heavy atom. The van der Waals surface area contributed by atoms with Crippen molar-refractivity contribution in [3.63, 3.8) is 0 Å². The third-order valence-corrected chi connectivity index (χ3v) is 8.64. The lowest BCUT2D eigenvalue weighted by atomic mass is 10.2. The molecule has 0 unspecified atom stereocenters. The quantitative estimate of drug-likeness (QED) is 0.497. The minimum atomic E-state index is -3.52. The lowest BCUT2D eigenvalue weighted by Gasteiger charge is -2.25. The van der Waals surface area contributed by atoms with Gasteiger partial charge in [0.15, 0.2) is 11.5 Å². The summed E-state index contributed by atoms with van der Waals surface area (Å²) in [5.74, 6) is 2.17. The molecule has 0 saturated carbocycles. The molecule has 0 aliphatic carbocycles. The van der Waals surface area contributed by atoms with Crippen LogP contribution in [0.15, 0.2) is 41.3 Å². The lowest BCUT2D eigenvalue weighted by Crippen LogP contribution is -2.35. The summed E-state index contributed by atoms with van der Waals surface area (Å²) in [7, 11) is 0.149. The molecule has 2 aliphatic heterocycles. The average molecular weight is 499 g/mol. The van der Waals surface area contributed by atoms with Crippen molar-refractivity contribution in [3.05, 3.63) is 47.8 Å². The van der Waals surface area contributed by atoms with Gasteiger partial charge in [-0.25, -0.2) is 13.4 Å². The Kier molecular flexibility index (Phi) is 6.41. The summed E-state index contributed by atoms with van der Waals surface area (Å²) in [5, 5.41) is 0. The van der Waals surface area contributed by atoms with Crippen molar-refractivity contribution in [1.82, 2.24) is 18.8 Å². The van der Waals surface area contributed by atoms with Crippen LogP contribution in [0.2, 0.25) is 0 Å². The number of carbonyl (C=O) groups is 1. The van der Waals surface area contributed by atoms with Gasteiger partial charge in [-0.05, 0) is 48.7 Å². The van der Waals surface area contributed by atoms with E-state index in [9.17, 15) is 13.2 Å². The first-order valence-corrected chi connectivity index (χ1v) is 13.3. The van der Waals surface area contributed by atoms with Crippen molar-refractivity contribution in [3.8, 4) is 11.5 Å². The number of amides is 1. The molecule has 35 heavy (non-hydrogen) atoms. The fourth-order valence-corrected chi connectivity index (χ4v) is 6.22. The maximum atomic E-state index is 13.1. The number of carbonyl (C=O) groups excluding carboxylic acids is 1. The Hall–Kier alpha value is -3.11. The molecular weight excluding hydrogens is 468 g/mol. The molecule has 2 aliphatic rings. The molecule has 3 heterocycles. The Bertz CT molecular complexity index is 1360. The number of rotatable bonds is 7. The van der Waals surface area contributed by atoms with E-state index < -0.39 is 10.0 Å². The molecule has 3 aromatic rings. The van der Waals surface area contributed by atoms with Crippen LogP contribution >= 0.6 is 0 Å². The van der Waals surface area contributed by atoms with Gasteiger partial charge in [0.2, 0.25) is 22.7 Å². The van der Waals surface area contributed by atoms with E-state index in [-0.39, 0.29) is 17.6 Å². The van der Waals surface area contributed by atoms with E-state index in [2.05, 4.69) is 4.98 Å². The number of imidazole rings is 1. The van der Waals surface area contributed by atoms with Crippen LogP contribution in [-0.2, 0) is 34.8 Å². The highest BCUT2D eigenvalue weighted by Crippen LogP contribution is 2.33. The predicted octanol–water partition coefficient (Wildman–Crippen LogP) is 3.07. The normalized spacial score (nSPS) is 16.1. The first-order chi connectivity index (χ1) is 16.8. The summed E-state index contributed by atoms with van der Waals surface area (Å²) in [5.41, 5.74) is 2.44. The van der Waals surface area contributed by atoms with Crippen LogP contribution in [0.5, 0.6) is 11.5 Å². The zero-order valence-electron chi connectivity index (χ0n) is 20.1. The van der Waals surface area contributed by atoms with E-state index in [4.69, 9.17) is 9.47 Å². The van der Waals surface area contributed by atoms with Gasteiger partial charge in [0.05, 0.1) is 15.9 Å². The van der Waals surface area contributed by atoms with Crippen LogP contribution in [-0.4, -0.2) is 60.0 Å². The van der Waals surface area contributed by atoms with Crippen molar-refractivity contribution in [2.24, 2.45) is 7.05 Å². The highest BCUT2D eigenvalue weighted by Gasteiger charge is 2.26. The van der Waals surface area contributed by atoms with Gasteiger partial charge in [0, 0.05) is 46.6 Å². The van der Waals surface area contributed by atoms with Crippen LogP contribution in [0, 0.1) is 0 Å². The number of aryl methyl sites for hydroxylation is 2. The zero-order chi connectivity index (χ0) is 24.6. The summed E-state index contributed by atoms with van der Waals surface area (Å²) < 4.78 is 40.4. The molecule has 5 rings (SSSR count). The third kappa shape index (κ3) is 4.72. The molecule has 1 aromatic heterocycles. The Morgan fingerprint density at radius 3 is 2.63 bits per heavy atom. The van der Waals surface area contributed by atoms with Crippen LogP contribution in [0.3, 0.4) is 0 Å². The van der Waals surface area contributed by atoms with Crippen molar-refractivity contribution < 1.29 is 22.7 Å². The Morgan fingerprint density at radius 1 is 1.06 bits per heavy atom. The number of fused-ring (bicyclic) bond motifs is 2. The molecule has 0 atom stereocenters. The molecule has 0 radical (unpaired) electrons. The SMILES string of the molecule is CN(Cc1ccc2c(c1)OCO2)C(=O)CCc1nc2cc(S(=O)(=O)N3CCCCC3)ccc2n1C. The Balaban J connectivity index is 1.26. The van der Waals surface area contributed by atoms with Crippen molar-refractivity contribution in [2.75, 3.05) is 26.9 Å². The largest absolute Gasteiger partial charge is 0.454 e. The van der Waals surface area contributed by atoms with Gasteiger partial charge in [0.1, 0.15) is 5.82 Å². The summed E-state index contributed by atoms with van der Waals surface area (Å²) in [6.45, 7) is 1.82. The van der Waals surface area contributed by atoms with Crippen molar-refractivity contribution in [2.45, 2.75) is 43.5 Å². The molecule has 186 valence electrons. The van der Waals surface area contributed by atoms with Crippen LogP contribution in [0.1, 0.15) is 37.1 Å². The monoisotopic (exact) mass is 498 g/mol. The van der Waals surface area contributed by atoms with Gasteiger partial charge in [-0.1, -0.05) is 12.5 Å². The molecule has 9 nitrogen and oxygen atoms in total. The zero-order valence-corrected chi connectivity index (χ0v) is 20.9. The van der Waals surface area contributed by atoms with Crippen molar-refractivity contribution >= 4 is 27.0 Å². The smallest absolute Gasteiger partial charge is 0.243 e. The minimum Gasteiger partial charge on any atom is -0.454 e. The molecule has 1 saturated heterocycles.